The molecule has 10 nitrogen and oxygen atoms in total. The van der Waals surface area contributed by atoms with Gasteiger partial charge in [0.05, 0.1) is 0 Å². The van der Waals surface area contributed by atoms with Crippen LogP contribution in [0.2, 0.25) is 0 Å². The van der Waals surface area contributed by atoms with Crippen LogP contribution in [0.5, 0.6) is 0 Å². The Hall–Kier alpha value is -2.78. The number of carbonyl (C=O) groups is 2. The van der Waals surface area contributed by atoms with Crippen molar-refractivity contribution in [2.24, 2.45) is 17.8 Å². The highest BCUT2D eigenvalue weighted by atomic mass is 16.2. The second-order valence-electron chi connectivity index (χ2n) is 9.28. The highest BCUT2D eigenvalue weighted by Gasteiger charge is 2.34. The topological polar surface area (TPSA) is 125 Å². The summed E-state index contributed by atoms with van der Waals surface area (Å²) < 4.78 is 1.32. The van der Waals surface area contributed by atoms with Crippen molar-refractivity contribution in [3.05, 3.63) is 20.8 Å². The molecule has 174 valence electrons. The minimum absolute atomic E-state index is 0.0108. The molecule has 1 aromatic rings. The summed E-state index contributed by atoms with van der Waals surface area (Å²) in [7, 11) is 3.40. The number of likely N-dealkylation sites (tertiary alicyclic amines) is 1. The predicted molar refractivity (Wildman–Crippen MR) is 121 cm³/mol. The molecule has 2 heterocycles. The number of hydrogen-bond donors (Lipinski definition) is 2. The summed E-state index contributed by atoms with van der Waals surface area (Å²) in [5.74, 6) is -0.293. The van der Waals surface area contributed by atoms with Crippen LogP contribution in [0.1, 0.15) is 40.5 Å². The van der Waals surface area contributed by atoms with Crippen molar-refractivity contribution in [3.63, 3.8) is 0 Å². The van der Waals surface area contributed by atoms with Gasteiger partial charge in [-0.3, -0.25) is 19.1 Å². The molecule has 0 spiro atoms. The Morgan fingerprint density at radius 3 is 2.16 bits per heavy atom. The van der Waals surface area contributed by atoms with Crippen LogP contribution in [-0.2, 0) is 11.3 Å². The van der Waals surface area contributed by atoms with E-state index < -0.39 is 11.2 Å². The van der Waals surface area contributed by atoms with Crippen molar-refractivity contribution >= 4 is 23.4 Å². The number of rotatable bonds is 6. The molecule has 0 unspecified atom stereocenters. The number of piperidine rings is 1. The Kier molecular flexibility index (Phi) is 7.91. The number of aromatic amines is 1. The highest BCUT2D eigenvalue weighted by Crippen LogP contribution is 2.26. The molecule has 0 aliphatic carbocycles. The zero-order valence-electron chi connectivity index (χ0n) is 19.5. The Labute approximate surface area is 183 Å². The van der Waals surface area contributed by atoms with E-state index in [0.29, 0.717) is 39.0 Å². The zero-order valence-corrected chi connectivity index (χ0v) is 19.5. The van der Waals surface area contributed by atoms with Crippen molar-refractivity contribution in [2.45, 2.75) is 47.1 Å². The molecule has 0 atom stereocenters. The van der Waals surface area contributed by atoms with Gasteiger partial charge in [-0.2, -0.15) is 0 Å². The van der Waals surface area contributed by atoms with E-state index in [2.05, 4.69) is 4.98 Å². The maximum atomic E-state index is 13.5. The van der Waals surface area contributed by atoms with E-state index in [1.807, 2.05) is 27.7 Å². The maximum absolute atomic E-state index is 13.5. The van der Waals surface area contributed by atoms with Crippen molar-refractivity contribution in [1.29, 1.82) is 0 Å². The summed E-state index contributed by atoms with van der Waals surface area (Å²) in [6, 6.07) is -0.0774. The summed E-state index contributed by atoms with van der Waals surface area (Å²) in [5.41, 5.74) is 5.06. The average Bonchev–Trinajstić information content (AvgIpc) is 2.68. The lowest BCUT2D eigenvalue weighted by atomic mass is 9.94. The first kappa shape index (κ1) is 24.5. The summed E-state index contributed by atoms with van der Waals surface area (Å²) in [4.78, 5) is 57.7. The number of hydrogen-bond acceptors (Lipinski definition) is 5. The van der Waals surface area contributed by atoms with Crippen LogP contribution in [0.15, 0.2) is 9.59 Å². The average molecular weight is 437 g/mol. The fourth-order valence-electron chi connectivity index (χ4n) is 3.86. The summed E-state index contributed by atoms with van der Waals surface area (Å²) >= 11 is 0. The summed E-state index contributed by atoms with van der Waals surface area (Å²) in [5, 5.41) is 0. The largest absolute Gasteiger partial charge is 0.383 e. The summed E-state index contributed by atoms with van der Waals surface area (Å²) in [6.45, 7) is 9.38. The van der Waals surface area contributed by atoms with Crippen LogP contribution in [-0.4, -0.2) is 65.0 Å². The third-order valence-electron chi connectivity index (χ3n) is 5.34. The number of amides is 3. The van der Waals surface area contributed by atoms with Gasteiger partial charge >= 0.3 is 11.7 Å². The van der Waals surface area contributed by atoms with Gasteiger partial charge in [0.15, 0.2) is 5.69 Å². The molecule has 1 aromatic heterocycles. The lowest BCUT2D eigenvalue weighted by molar-refractivity contribution is -0.123. The van der Waals surface area contributed by atoms with E-state index >= 15 is 0 Å². The number of nitrogens with zero attached hydrogens (tertiary/aromatic N) is 4. The second-order valence-corrected chi connectivity index (χ2v) is 9.28. The van der Waals surface area contributed by atoms with Gasteiger partial charge in [-0.15, -0.1) is 0 Å². The van der Waals surface area contributed by atoms with E-state index in [9.17, 15) is 19.2 Å². The quantitative estimate of drug-likeness (QED) is 0.692. The minimum atomic E-state index is -0.656. The van der Waals surface area contributed by atoms with Crippen LogP contribution in [0, 0.1) is 17.8 Å². The van der Waals surface area contributed by atoms with Crippen LogP contribution in [0.25, 0.3) is 0 Å². The first-order valence-corrected chi connectivity index (χ1v) is 10.8. The third-order valence-corrected chi connectivity index (χ3v) is 5.34. The number of nitrogens with two attached hydrogens (primary N) is 1. The molecular weight excluding hydrogens is 400 g/mol. The molecular formula is C21H36N6O4. The SMILES string of the molecule is CC(C)CN(C(=O)C1CCN(C(=O)N(C)C)CC1)c1c(N)n(CC(C)C)c(=O)[nH]c1=O. The van der Waals surface area contributed by atoms with Crippen molar-refractivity contribution < 1.29 is 9.59 Å². The van der Waals surface area contributed by atoms with Gasteiger partial charge in [-0.05, 0) is 24.7 Å². The molecule has 2 rings (SSSR count). The molecule has 31 heavy (non-hydrogen) atoms. The van der Waals surface area contributed by atoms with Gasteiger partial charge < -0.3 is 20.4 Å². The van der Waals surface area contributed by atoms with Crippen LogP contribution in [0.3, 0.4) is 0 Å². The zero-order chi connectivity index (χ0) is 23.5. The number of anilines is 2. The Bertz CT molecular complexity index is 909. The van der Waals surface area contributed by atoms with Crippen LogP contribution < -0.4 is 21.9 Å². The van der Waals surface area contributed by atoms with E-state index in [0.717, 1.165) is 0 Å². The monoisotopic (exact) mass is 436 g/mol. The van der Waals surface area contributed by atoms with Gasteiger partial charge in [0, 0.05) is 46.2 Å². The number of nitrogen functional groups attached to an aromatic ring is 1. The molecule has 0 radical (unpaired) electrons. The third kappa shape index (κ3) is 5.68. The molecule has 0 saturated carbocycles. The predicted octanol–water partition coefficient (Wildman–Crippen LogP) is 1.16. The van der Waals surface area contributed by atoms with E-state index in [1.54, 1.807) is 19.0 Å². The number of carbonyl (C=O) groups excluding carboxylic acids is 2. The van der Waals surface area contributed by atoms with Crippen LogP contribution >= 0.6 is 0 Å². The normalized spacial score (nSPS) is 14.9. The molecule has 1 fully saturated rings. The Balaban J connectivity index is 2.37. The van der Waals surface area contributed by atoms with Gasteiger partial charge in [0.25, 0.3) is 5.56 Å². The highest BCUT2D eigenvalue weighted by molar-refractivity contribution is 5.97. The molecule has 1 aliphatic rings. The maximum Gasteiger partial charge on any atom is 0.330 e. The molecule has 3 N–H and O–H groups in total. The molecule has 1 saturated heterocycles. The number of nitrogens with one attached hydrogen (secondary N) is 1. The van der Waals surface area contributed by atoms with Gasteiger partial charge in [-0.25, -0.2) is 9.59 Å². The van der Waals surface area contributed by atoms with E-state index in [-0.39, 0.29) is 41.2 Å². The number of urea groups is 1. The second kappa shape index (κ2) is 10.0. The van der Waals surface area contributed by atoms with Gasteiger partial charge in [0.1, 0.15) is 5.82 Å². The van der Waals surface area contributed by atoms with Crippen molar-refractivity contribution in [3.8, 4) is 0 Å². The molecule has 1 aliphatic heterocycles. The molecule has 3 amide bonds. The number of H-pyrrole nitrogens is 1. The Morgan fingerprint density at radius 2 is 1.68 bits per heavy atom. The smallest absolute Gasteiger partial charge is 0.330 e. The molecule has 0 aromatic carbocycles. The van der Waals surface area contributed by atoms with E-state index in [1.165, 1.54) is 14.4 Å². The van der Waals surface area contributed by atoms with E-state index in [4.69, 9.17) is 5.73 Å². The number of aromatic nitrogens is 2. The van der Waals surface area contributed by atoms with Gasteiger partial charge in [-0.1, -0.05) is 27.7 Å². The van der Waals surface area contributed by atoms with Crippen molar-refractivity contribution in [2.75, 3.05) is 44.4 Å². The van der Waals surface area contributed by atoms with Gasteiger partial charge in [0.2, 0.25) is 5.91 Å². The summed E-state index contributed by atoms with van der Waals surface area (Å²) in [6.07, 6.45) is 1.02. The van der Waals surface area contributed by atoms with Crippen LogP contribution in [0.4, 0.5) is 16.3 Å². The first-order valence-electron chi connectivity index (χ1n) is 10.8. The molecule has 10 heteroatoms. The standard InChI is InChI=1S/C21H36N6O4/c1-13(2)11-26(16-17(22)27(12-14(3)4)20(30)23-18(16)28)19(29)15-7-9-25(10-8-15)21(31)24(5)6/h13-15H,7-12,22H2,1-6H3,(H,23,28,30). The molecule has 0 bridgehead atoms. The lowest BCUT2D eigenvalue weighted by Gasteiger charge is -2.36. The fourth-order valence-corrected chi connectivity index (χ4v) is 3.86. The minimum Gasteiger partial charge on any atom is -0.383 e. The fraction of sp³-hybridized carbons (Fsp3) is 0.714. The first-order chi connectivity index (χ1) is 14.4. The van der Waals surface area contributed by atoms with Crippen molar-refractivity contribution in [1.82, 2.24) is 19.4 Å². The Morgan fingerprint density at radius 1 is 1.10 bits per heavy atom. The lowest BCUT2D eigenvalue weighted by Crippen LogP contribution is -2.49.